The Bertz CT molecular complexity index is 1510. The third-order valence-electron chi connectivity index (χ3n) is 6.80. The van der Waals surface area contributed by atoms with E-state index in [-0.39, 0.29) is 34.0 Å². The van der Waals surface area contributed by atoms with Crippen LogP contribution in [0.15, 0.2) is 58.2 Å². The summed E-state index contributed by atoms with van der Waals surface area (Å²) in [5.74, 6) is -1.64. The molecule has 1 N–H and O–H groups in total. The number of rotatable bonds is 5. The minimum atomic E-state index is -4.36. The van der Waals surface area contributed by atoms with Crippen molar-refractivity contribution in [2.45, 2.75) is 42.8 Å². The van der Waals surface area contributed by atoms with Gasteiger partial charge in [-0.25, -0.2) is 18.3 Å². The Kier molecular flexibility index (Phi) is 6.64. The predicted octanol–water partition coefficient (Wildman–Crippen LogP) is 5.02. The van der Waals surface area contributed by atoms with Crippen LogP contribution in [0.5, 0.6) is 0 Å². The summed E-state index contributed by atoms with van der Waals surface area (Å²) in [7, 11) is -4.36. The molecule has 2 aliphatic heterocycles. The lowest BCUT2D eigenvalue weighted by Crippen LogP contribution is -2.49. The number of aromatic nitrogens is 2. The first-order chi connectivity index (χ1) is 17.5. The van der Waals surface area contributed by atoms with Gasteiger partial charge >= 0.3 is 5.97 Å². The highest BCUT2D eigenvalue weighted by atomic mass is 79.9. The van der Waals surface area contributed by atoms with E-state index in [2.05, 4.69) is 20.9 Å². The summed E-state index contributed by atoms with van der Waals surface area (Å²) in [6.07, 6.45) is 2.50. The van der Waals surface area contributed by atoms with Crippen LogP contribution in [0.1, 0.15) is 31.7 Å². The summed E-state index contributed by atoms with van der Waals surface area (Å²) in [5, 5.41) is 10.0. The molecule has 1 unspecified atom stereocenters. The Morgan fingerprint density at radius 3 is 2.41 bits per heavy atom. The van der Waals surface area contributed by atoms with Gasteiger partial charge in [0.2, 0.25) is 5.95 Å². The standard InChI is InChI=1S/C24H21BrCl2N4O5S/c1-24(14-5-7-15(25)8-6-14)22(34)30(18-11-16(26)10-17(27)12-18)23-28-13-20(31(23)24)37(35,36)29-9-3-2-4-19(29)21(32)33/h5-8,10-13,19H,2-4,9H2,1H3,(H,32,33)/t19?,24-/m1/s1. The maximum absolute atomic E-state index is 14.1. The molecule has 2 aromatic carbocycles. The van der Waals surface area contributed by atoms with Crippen molar-refractivity contribution in [3.05, 3.63) is 68.7 Å². The van der Waals surface area contributed by atoms with Gasteiger partial charge < -0.3 is 5.11 Å². The first-order valence-corrected chi connectivity index (χ1v) is 14.3. The van der Waals surface area contributed by atoms with Crippen molar-refractivity contribution in [2.24, 2.45) is 0 Å². The molecule has 3 aromatic rings. The molecular weight excluding hydrogens is 607 g/mol. The SMILES string of the molecule is C[C@@]1(c2ccc(Br)cc2)C(=O)N(c2cc(Cl)cc(Cl)c2)c2ncc(S(=O)(=O)N3CCCCC3C(=O)O)n21. The number of carbonyl (C=O) groups is 2. The molecule has 0 saturated carbocycles. The third-order valence-corrected chi connectivity index (χ3v) is 9.64. The second-order valence-corrected chi connectivity index (χ2v) is 12.7. The molecule has 3 heterocycles. The number of benzene rings is 2. The fraction of sp³-hybridized carbons (Fsp3) is 0.292. The molecule has 2 aliphatic rings. The molecule has 1 amide bonds. The van der Waals surface area contributed by atoms with Crippen molar-refractivity contribution < 1.29 is 23.1 Å². The number of nitrogens with zero attached hydrogens (tertiary/aromatic N) is 4. The Labute approximate surface area is 231 Å². The maximum Gasteiger partial charge on any atom is 0.322 e. The van der Waals surface area contributed by atoms with Crippen LogP contribution >= 0.6 is 39.1 Å². The van der Waals surface area contributed by atoms with E-state index in [0.717, 1.165) is 8.78 Å². The summed E-state index contributed by atoms with van der Waals surface area (Å²) in [6.45, 7) is 1.66. The molecule has 1 fully saturated rings. The second-order valence-electron chi connectivity index (χ2n) is 9.04. The molecule has 13 heteroatoms. The Morgan fingerprint density at radius 1 is 1.14 bits per heavy atom. The molecule has 0 spiro atoms. The van der Waals surface area contributed by atoms with Gasteiger partial charge in [-0.1, -0.05) is 51.3 Å². The molecule has 9 nitrogen and oxygen atoms in total. The Morgan fingerprint density at radius 2 is 1.78 bits per heavy atom. The molecule has 1 aromatic heterocycles. The number of hydrogen-bond donors (Lipinski definition) is 1. The number of imidazole rings is 1. The summed E-state index contributed by atoms with van der Waals surface area (Å²) in [5.41, 5.74) is -0.695. The van der Waals surface area contributed by atoms with E-state index in [1.54, 1.807) is 31.2 Å². The van der Waals surface area contributed by atoms with Crippen LogP contribution in [0.3, 0.4) is 0 Å². The van der Waals surface area contributed by atoms with Crippen LogP contribution in [0.25, 0.3) is 0 Å². The first kappa shape index (κ1) is 26.2. The van der Waals surface area contributed by atoms with Crippen LogP contribution in [-0.4, -0.2) is 51.8 Å². The lowest BCUT2D eigenvalue weighted by atomic mass is 9.91. The zero-order chi connectivity index (χ0) is 26.7. The molecule has 5 rings (SSSR count). The Hall–Kier alpha value is -2.44. The number of halogens is 3. The molecular formula is C24H21BrCl2N4O5S. The van der Waals surface area contributed by atoms with Crippen LogP contribution in [0.4, 0.5) is 11.6 Å². The summed E-state index contributed by atoms with van der Waals surface area (Å²) < 4.78 is 31.1. The van der Waals surface area contributed by atoms with E-state index >= 15 is 0 Å². The van der Waals surface area contributed by atoms with E-state index in [9.17, 15) is 23.1 Å². The maximum atomic E-state index is 14.1. The topological polar surface area (TPSA) is 113 Å². The fourth-order valence-corrected chi connectivity index (χ4v) is 7.58. The number of piperidine rings is 1. The molecule has 0 radical (unpaired) electrons. The van der Waals surface area contributed by atoms with Crippen LogP contribution < -0.4 is 4.90 Å². The van der Waals surface area contributed by atoms with Gasteiger partial charge in [0.05, 0.1) is 11.9 Å². The number of aliphatic carboxylic acids is 1. The smallest absolute Gasteiger partial charge is 0.322 e. The van der Waals surface area contributed by atoms with Crippen molar-refractivity contribution in [3.63, 3.8) is 0 Å². The van der Waals surface area contributed by atoms with E-state index in [1.165, 1.54) is 33.9 Å². The number of carboxylic acids is 1. The summed E-state index contributed by atoms with van der Waals surface area (Å²) in [6, 6.07) is 10.3. The number of sulfonamides is 1. The fourth-order valence-electron chi connectivity index (χ4n) is 4.98. The lowest BCUT2D eigenvalue weighted by molar-refractivity contribution is -0.142. The van der Waals surface area contributed by atoms with E-state index in [1.807, 2.05) is 0 Å². The highest BCUT2D eigenvalue weighted by molar-refractivity contribution is 9.10. The van der Waals surface area contributed by atoms with Gasteiger partial charge in [0.25, 0.3) is 15.9 Å². The minimum Gasteiger partial charge on any atom is -0.480 e. The normalized spacial score (nSPS) is 22.3. The monoisotopic (exact) mass is 626 g/mol. The Balaban J connectivity index is 1.75. The average Bonchev–Trinajstić information content (AvgIpc) is 3.37. The molecule has 37 heavy (non-hydrogen) atoms. The quantitative estimate of drug-likeness (QED) is 0.425. The third kappa shape index (κ3) is 4.17. The zero-order valence-electron chi connectivity index (χ0n) is 19.4. The zero-order valence-corrected chi connectivity index (χ0v) is 23.4. The number of carbonyl (C=O) groups excluding carboxylic acids is 1. The number of hydrogen-bond acceptors (Lipinski definition) is 5. The lowest BCUT2D eigenvalue weighted by Gasteiger charge is -2.33. The van der Waals surface area contributed by atoms with Gasteiger partial charge in [0.15, 0.2) is 10.6 Å². The summed E-state index contributed by atoms with van der Waals surface area (Å²) >= 11 is 15.8. The van der Waals surface area contributed by atoms with E-state index in [0.29, 0.717) is 24.1 Å². The van der Waals surface area contributed by atoms with E-state index < -0.39 is 33.5 Å². The highest BCUT2D eigenvalue weighted by Gasteiger charge is 2.54. The van der Waals surface area contributed by atoms with Crippen molar-refractivity contribution in [1.29, 1.82) is 0 Å². The molecule has 0 bridgehead atoms. The first-order valence-electron chi connectivity index (χ1n) is 11.4. The number of amides is 1. The van der Waals surface area contributed by atoms with Gasteiger partial charge in [-0.05, 0) is 62.1 Å². The van der Waals surface area contributed by atoms with Crippen molar-refractivity contribution in [1.82, 2.24) is 13.9 Å². The molecule has 0 aliphatic carbocycles. The van der Waals surface area contributed by atoms with Crippen LogP contribution in [0, 0.1) is 0 Å². The summed E-state index contributed by atoms with van der Waals surface area (Å²) in [4.78, 5) is 31.7. The van der Waals surface area contributed by atoms with Crippen molar-refractivity contribution in [2.75, 3.05) is 11.4 Å². The number of anilines is 2. The van der Waals surface area contributed by atoms with Gasteiger partial charge in [-0.15, -0.1) is 0 Å². The average molecular weight is 628 g/mol. The van der Waals surface area contributed by atoms with Gasteiger partial charge in [-0.2, -0.15) is 4.31 Å². The molecule has 194 valence electrons. The van der Waals surface area contributed by atoms with Gasteiger partial charge in [-0.3, -0.25) is 14.2 Å². The van der Waals surface area contributed by atoms with Crippen molar-refractivity contribution >= 4 is 72.7 Å². The van der Waals surface area contributed by atoms with Gasteiger partial charge in [0, 0.05) is 21.1 Å². The number of carboxylic acid groups (broad SMARTS) is 1. The van der Waals surface area contributed by atoms with Gasteiger partial charge in [0.1, 0.15) is 6.04 Å². The minimum absolute atomic E-state index is 0.0520. The highest BCUT2D eigenvalue weighted by Crippen LogP contribution is 2.46. The van der Waals surface area contributed by atoms with Crippen molar-refractivity contribution in [3.8, 4) is 0 Å². The van der Waals surface area contributed by atoms with E-state index in [4.69, 9.17) is 23.2 Å². The van der Waals surface area contributed by atoms with Crippen LogP contribution in [-0.2, 0) is 25.2 Å². The molecule has 1 saturated heterocycles. The van der Waals surface area contributed by atoms with Crippen LogP contribution in [0.2, 0.25) is 10.0 Å². The predicted molar refractivity (Wildman–Crippen MR) is 142 cm³/mol. The second kappa shape index (κ2) is 9.39. The largest absolute Gasteiger partial charge is 0.480 e. The number of fused-ring (bicyclic) bond motifs is 1. The molecule has 2 atom stereocenters.